The Morgan fingerprint density at radius 2 is 1.30 bits per heavy atom. The van der Waals surface area contributed by atoms with Gasteiger partial charge in [0, 0.05) is 19.6 Å². The van der Waals surface area contributed by atoms with Gasteiger partial charge in [0.05, 0.1) is 0 Å². The number of ether oxygens (including phenoxy) is 1. The number of hydrogen-bond donors (Lipinski definition) is 1. The summed E-state index contributed by atoms with van der Waals surface area (Å²) in [6.45, 7) is 2.72. The monoisotopic (exact) mass is 268 g/mol. The molecule has 3 heteroatoms. The lowest BCUT2D eigenvalue weighted by Crippen LogP contribution is -2.28. The van der Waals surface area contributed by atoms with Gasteiger partial charge < -0.3 is 10.5 Å². The van der Waals surface area contributed by atoms with E-state index in [9.17, 15) is 0 Å². The Bertz CT molecular complexity index is 488. The van der Waals surface area contributed by atoms with E-state index in [0.717, 1.165) is 19.6 Å². The molecule has 0 aromatic heterocycles. The third-order valence-corrected chi connectivity index (χ3v) is 3.56. The van der Waals surface area contributed by atoms with Crippen molar-refractivity contribution < 1.29 is 4.74 Å². The van der Waals surface area contributed by atoms with Crippen molar-refractivity contribution in [2.45, 2.75) is 25.4 Å². The predicted octanol–water partition coefficient (Wildman–Crippen LogP) is 2.37. The van der Waals surface area contributed by atoms with Crippen molar-refractivity contribution in [3.05, 3.63) is 71.8 Å². The normalized spacial score (nSPS) is 21.1. The zero-order chi connectivity index (χ0) is 13.8. The smallest absolute Gasteiger partial charge is 0.134 e. The van der Waals surface area contributed by atoms with Gasteiger partial charge in [0.2, 0.25) is 0 Å². The van der Waals surface area contributed by atoms with Gasteiger partial charge in [0.1, 0.15) is 12.3 Å². The fraction of sp³-hybridized carbons (Fsp3) is 0.294. The van der Waals surface area contributed by atoms with Gasteiger partial charge in [-0.15, -0.1) is 0 Å². The van der Waals surface area contributed by atoms with E-state index in [-0.39, 0.29) is 12.3 Å². The molecule has 1 unspecified atom stereocenters. The number of epoxide rings is 1. The summed E-state index contributed by atoms with van der Waals surface area (Å²) in [5, 5.41) is 0. The molecule has 0 radical (unpaired) electrons. The van der Waals surface area contributed by atoms with E-state index in [1.54, 1.807) is 0 Å². The van der Waals surface area contributed by atoms with Crippen LogP contribution in [0.3, 0.4) is 0 Å². The topological polar surface area (TPSA) is 41.8 Å². The van der Waals surface area contributed by atoms with Crippen LogP contribution in [0.1, 0.15) is 11.1 Å². The summed E-state index contributed by atoms with van der Waals surface area (Å²) in [7, 11) is 0. The summed E-state index contributed by atoms with van der Waals surface area (Å²) in [6, 6.07) is 21.0. The first-order valence-electron chi connectivity index (χ1n) is 7.02. The van der Waals surface area contributed by atoms with E-state index in [2.05, 4.69) is 53.4 Å². The molecule has 20 heavy (non-hydrogen) atoms. The second-order valence-electron chi connectivity index (χ2n) is 5.28. The van der Waals surface area contributed by atoms with Gasteiger partial charge in [-0.25, -0.2) is 0 Å². The average molecular weight is 268 g/mol. The number of hydrogen-bond acceptors (Lipinski definition) is 3. The molecule has 0 spiro atoms. The SMILES string of the molecule is NC1O[C@H]1CN(Cc1ccccc1)Cc1ccccc1. The molecule has 1 aliphatic heterocycles. The molecule has 2 N–H and O–H groups in total. The lowest BCUT2D eigenvalue weighted by Gasteiger charge is -2.21. The summed E-state index contributed by atoms with van der Waals surface area (Å²) in [6.07, 6.45) is 0.103. The molecule has 0 saturated carbocycles. The van der Waals surface area contributed by atoms with Crippen LogP contribution >= 0.6 is 0 Å². The molecule has 0 amide bonds. The number of nitrogens with zero attached hydrogens (tertiary/aromatic N) is 1. The molecule has 104 valence electrons. The molecular formula is C17H20N2O. The van der Waals surface area contributed by atoms with Gasteiger partial charge in [-0.05, 0) is 11.1 Å². The zero-order valence-corrected chi connectivity index (χ0v) is 11.5. The van der Waals surface area contributed by atoms with Gasteiger partial charge >= 0.3 is 0 Å². The summed E-state index contributed by atoms with van der Waals surface area (Å²) >= 11 is 0. The van der Waals surface area contributed by atoms with Crippen molar-refractivity contribution in [1.82, 2.24) is 4.90 Å². The Labute approximate surface area is 120 Å². The maximum absolute atomic E-state index is 5.75. The first-order chi connectivity index (χ1) is 9.81. The van der Waals surface area contributed by atoms with Crippen LogP contribution < -0.4 is 5.73 Å². The zero-order valence-electron chi connectivity index (χ0n) is 11.5. The predicted molar refractivity (Wildman–Crippen MR) is 79.8 cm³/mol. The molecule has 2 aromatic carbocycles. The number of nitrogens with two attached hydrogens (primary N) is 1. The second kappa shape index (κ2) is 6.18. The standard InChI is InChI=1S/C17H20N2O/c18-17-16(20-17)13-19(11-14-7-3-1-4-8-14)12-15-9-5-2-6-10-15/h1-10,16-17H,11-13,18H2/t16-,17?/m0/s1. The van der Waals surface area contributed by atoms with Crippen molar-refractivity contribution in [3.63, 3.8) is 0 Å². The van der Waals surface area contributed by atoms with Crippen molar-refractivity contribution in [2.75, 3.05) is 6.54 Å². The molecule has 3 nitrogen and oxygen atoms in total. The minimum atomic E-state index is -0.0796. The van der Waals surface area contributed by atoms with Gasteiger partial charge in [-0.1, -0.05) is 60.7 Å². The molecule has 1 aliphatic rings. The second-order valence-corrected chi connectivity index (χ2v) is 5.28. The number of rotatable bonds is 6. The van der Waals surface area contributed by atoms with Gasteiger partial charge in [-0.3, -0.25) is 4.90 Å². The Balaban J connectivity index is 1.67. The van der Waals surface area contributed by atoms with E-state index in [1.165, 1.54) is 11.1 Å². The molecule has 0 aliphatic carbocycles. The average Bonchev–Trinajstić information content (AvgIpc) is 3.16. The highest BCUT2D eigenvalue weighted by Crippen LogP contribution is 2.20. The highest BCUT2D eigenvalue weighted by molar-refractivity contribution is 5.17. The molecule has 2 atom stereocenters. The highest BCUT2D eigenvalue weighted by Gasteiger charge is 2.36. The van der Waals surface area contributed by atoms with E-state index < -0.39 is 0 Å². The molecule has 1 fully saturated rings. The molecular weight excluding hydrogens is 248 g/mol. The third kappa shape index (κ3) is 3.67. The molecule has 2 aromatic rings. The van der Waals surface area contributed by atoms with Gasteiger partial charge in [0.15, 0.2) is 0 Å². The van der Waals surface area contributed by atoms with Gasteiger partial charge in [-0.2, -0.15) is 0 Å². The Kier molecular flexibility index (Phi) is 4.11. The van der Waals surface area contributed by atoms with Crippen LogP contribution in [0.25, 0.3) is 0 Å². The summed E-state index contributed by atoms with van der Waals surface area (Å²) in [4.78, 5) is 2.39. The van der Waals surface area contributed by atoms with E-state index in [0.29, 0.717) is 0 Å². The van der Waals surface area contributed by atoms with Crippen LogP contribution in [0.2, 0.25) is 0 Å². The minimum absolute atomic E-state index is 0.0796. The lowest BCUT2D eigenvalue weighted by molar-refractivity contribution is 0.226. The Hall–Kier alpha value is -1.68. The molecule has 1 heterocycles. The van der Waals surface area contributed by atoms with Crippen LogP contribution in [-0.4, -0.2) is 23.8 Å². The fourth-order valence-electron chi connectivity index (χ4n) is 2.43. The quantitative estimate of drug-likeness (QED) is 0.818. The summed E-state index contributed by atoms with van der Waals surface area (Å²) < 4.78 is 5.36. The van der Waals surface area contributed by atoms with E-state index in [4.69, 9.17) is 10.5 Å². The van der Waals surface area contributed by atoms with Crippen molar-refractivity contribution in [2.24, 2.45) is 5.73 Å². The fourth-order valence-corrected chi connectivity index (χ4v) is 2.43. The lowest BCUT2D eigenvalue weighted by atomic mass is 10.1. The Morgan fingerprint density at radius 3 is 1.70 bits per heavy atom. The summed E-state index contributed by atoms with van der Waals surface area (Å²) in [5.74, 6) is 0. The van der Waals surface area contributed by atoms with Crippen LogP contribution in [0.5, 0.6) is 0 Å². The highest BCUT2D eigenvalue weighted by atomic mass is 16.6. The minimum Gasteiger partial charge on any atom is -0.352 e. The van der Waals surface area contributed by atoms with Crippen LogP contribution in [-0.2, 0) is 17.8 Å². The molecule has 0 bridgehead atoms. The van der Waals surface area contributed by atoms with Crippen LogP contribution in [0.15, 0.2) is 60.7 Å². The maximum Gasteiger partial charge on any atom is 0.134 e. The van der Waals surface area contributed by atoms with Crippen molar-refractivity contribution in [3.8, 4) is 0 Å². The maximum atomic E-state index is 5.75. The third-order valence-electron chi connectivity index (χ3n) is 3.56. The summed E-state index contributed by atoms with van der Waals surface area (Å²) in [5.41, 5.74) is 8.39. The van der Waals surface area contributed by atoms with Crippen molar-refractivity contribution >= 4 is 0 Å². The molecule has 1 saturated heterocycles. The van der Waals surface area contributed by atoms with Crippen LogP contribution in [0, 0.1) is 0 Å². The van der Waals surface area contributed by atoms with Crippen molar-refractivity contribution in [1.29, 1.82) is 0 Å². The number of benzene rings is 2. The molecule has 3 rings (SSSR count). The first-order valence-corrected chi connectivity index (χ1v) is 7.02. The van der Waals surface area contributed by atoms with E-state index >= 15 is 0 Å². The van der Waals surface area contributed by atoms with Gasteiger partial charge in [0.25, 0.3) is 0 Å². The largest absolute Gasteiger partial charge is 0.352 e. The Morgan fingerprint density at radius 1 is 0.850 bits per heavy atom. The van der Waals surface area contributed by atoms with E-state index in [1.807, 2.05) is 12.1 Å². The van der Waals surface area contributed by atoms with Crippen LogP contribution in [0.4, 0.5) is 0 Å². The first kappa shape index (κ1) is 13.3.